The van der Waals surface area contributed by atoms with Crippen LogP contribution in [0.15, 0.2) is 72.8 Å². The molecule has 0 N–H and O–H groups in total. The summed E-state index contributed by atoms with van der Waals surface area (Å²) in [7, 11) is 0. The highest BCUT2D eigenvalue weighted by molar-refractivity contribution is 6.16. The maximum absolute atomic E-state index is 12.3. The van der Waals surface area contributed by atoms with Crippen LogP contribution >= 0.6 is 0 Å². The molecule has 0 radical (unpaired) electrons. The summed E-state index contributed by atoms with van der Waals surface area (Å²) in [5.41, 5.74) is 0.796. The molecule has 0 aliphatic heterocycles. The second-order valence-corrected chi connectivity index (χ2v) is 5.84. The standard InChI is InChI=1S/C21H20O2/c1-21(2,19(22)15-13-17-9-5-3-6-10-17)20(23)16-14-18-11-7-4-8-12-18/h3-16H,1-2H3. The van der Waals surface area contributed by atoms with Crippen LogP contribution in [0.3, 0.4) is 0 Å². The molecule has 0 heterocycles. The Hall–Kier alpha value is -2.74. The van der Waals surface area contributed by atoms with E-state index in [4.69, 9.17) is 0 Å². The summed E-state index contributed by atoms with van der Waals surface area (Å²) in [6, 6.07) is 19.1. The Kier molecular flexibility index (Phi) is 5.42. The van der Waals surface area contributed by atoms with Gasteiger partial charge in [-0.2, -0.15) is 0 Å². The Morgan fingerprint density at radius 1 is 0.696 bits per heavy atom. The van der Waals surface area contributed by atoms with Crippen molar-refractivity contribution >= 4 is 23.7 Å². The van der Waals surface area contributed by atoms with Gasteiger partial charge in [-0.25, -0.2) is 0 Å². The number of benzene rings is 2. The van der Waals surface area contributed by atoms with Gasteiger partial charge in [-0.1, -0.05) is 72.8 Å². The third-order valence-electron chi connectivity index (χ3n) is 3.69. The lowest BCUT2D eigenvalue weighted by atomic mass is 9.82. The minimum atomic E-state index is -1.07. The molecule has 0 unspecified atom stereocenters. The fraction of sp³-hybridized carbons (Fsp3) is 0.143. The summed E-state index contributed by atoms with van der Waals surface area (Å²) in [5.74, 6) is -0.409. The van der Waals surface area contributed by atoms with Crippen LogP contribution in [0.25, 0.3) is 12.2 Å². The number of carbonyl (C=O) groups excluding carboxylic acids is 2. The van der Waals surface area contributed by atoms with E-state index in [-0.39, 0.29) is 11.6 Å². The quantitative estimate of drug-likeness (QED) is 0.578. The van der Waals surface area contributed by atoms with Crippen molar-refractivity contribution in [1.29, 1.82) is 0 Å². The number of carbonyl (C=O) groups is 2. The average Bonchev–Trinajstić information content (AvgIpc) is 2.59. The topological polar surface area (TPSA) is 34.1 Å². The van der Waals surface area contributed by atoms with Gasteiger partial charge in [-0.15, -0.1) is 0 Å². The molecule has 0 saturated carbocycles. The number of ketones is 2. The van der Waals surface area contributed by atoms with Gasteiger partial charge in [-0.05, 0) is 37.1 Å². The van der Waals surface area contributed by atoms with Crippen molar-refractivity contribution in [3.8, 4) is 0 Å². The lowest BCUT2D eigenvalue weighted by Gasteiger charge is -2.17. The SMILES string of the molecule is CC(C)(C(=O)C=Cc1ccccc1)C(=O)C=Cc1ccccc1. The van der Waals surface area contributed by atoms with Crippen molar-refractivity contribution < 1.29 is 9.59 Å². The van der Waals surface area contributed by atoms with E-state index in [1.54, 1.807) is 26.0 Å². The molecule has 0 atom stereocenters. The molecule has 2 aromatic carbocycles. The number of hydrogen-bond acceptors (Lipinski definition) is 2. The van der Waals surface area contributed by atoms with Crippen molar-refractivity contribution in [2.24, 2.45) is 5.41 Å². The van der Waals surface area contributed by atoms with Gasteiger partial charge in [-0.3, -0.25) is 9.59 Å². The molecular formula is C21H20O2. The van der Waals surface area contributed by atoms with Crippen molar-refractivity contribution in [3.05, 3.63) is 83.9 Å². The van der Waals surface area contributed by atoms with E-state index in [2.05, 4.69) is 0 Å². The lowest BCUT2D eigenvalue weighted by Crippen LogP contribution is -2.30. The molecule has 2 nitrogen and oxygen atoms in total. The van der Waals surface area contributed by atoms with Crippen LogP contribution in [0.1, 0.15) is 25.0 Å². The van der Waals surface area contributed by atoms with Crippen LogP contribution in [0.4, 0.5) is 0 Å². The van der Waals surface area contributed by atoms with Gasteiger partial charge < -0.3 is 0 Å². The summed E-state index contributed by atoms with van der Waals surface area (Å²) < 4.78 is 0. The molecule has 0 bridgehead atoms. The molecule has 2 rings (SSSR count). The number of hydrogen-bond donors (Lipinski definition) is 0. The van der Waals surface area contributed by atoms with Crippen molar-refractivity contribution in [3.63, 3.8) is 0 Å². The Balaban J connectivity index is 2.07. The van der Waals surface area contributed by atoms with Crippen molar-refractivity contribution in [2.75, 3.05) is 0 Å². The lowest BCUT2D eigenvalue weighted by molar-refractivity contribution is -0.132. The molecule has 0 aliphatic rings. The smallest absolute Gasteiger partial charge is 0.169 e. The van der Waals surface area contributed by atoms with E-state index >= 15 is 0 Å². The molecule has 0 saturated heterocycles. The Bertz CT molecular complexity index is 659. The summed E-state index contributed by atoms with van der Waals surface area (Å²) >= 11 is 0. The third-order valence-corrected chi connectivity index (χ3v) is 3.69. The fourth-order valence-electron chi connectivity index (χ4n) is 2.01. The normalized spacial score (nSPS) is 11.9. The first-order chi connectivity index (χ1) is 11.0. The monoisotopic (exact) mass is 304 g/mol. The minimum Gasteiger partial charge on any atom is -0.294 e. The van der Waals surface area contributed by atoms with Gasteiger partial charge in [0, 0.05) is 0 Å². The van der Waals surface area contributed by atoms with Crippen LogP contribution in [-0.2, 0) is 9.59 Å². The number of rotatable bonds is 6. The van der Waals surface area contributed by atoms with E-state index in [1.165, 1.54) is 12.2 Å². The molecule has 23 heavy (non-hydrogen) atoms. The molecule has 0 aromatic heterocycles. The zero-order valence-corrected chi connectivity index (χ0v) is 13.4. The molecule has 2 heteroatoms. The molecule has 2 aromatic rings. The van der Waals surface area contributed by atoms with E-state index < -0.39 is 5.41 Å². The Morgan fingerprint density at radius 2 is 1.04 bits per heavy atom. The highest BCUT2D eigenvalue weighted by Gasteiger charge is 2.32. The summed E-state index contributed by atoms with van der Waals surface area (Å²) in [6.45, 7) is 3.31. The van der Waals surface area contributed by atoms with Crippen LogP contribution in [0.2, 0.25) is 0 Å². The van der Waals surface area contributed by atoms with Gasteiger partial charge in [0.15, 0.2) is 11.6 Å². The van der Waals surface area contributed by atoms with Gasteiger partial charge in [0.25, 0.3) is 0 Å². The maximum atomic E-state index is 12.3. The van der Waals surface area contributed by atoms with Crippen LogP contribution in [-0.4, -0.2) is 11.6 Å². The predicted octanol–water partition coefficient (Wildman–Crippen LogP) is 4.58. The Labute approximate surface area is 137 Å². The average molecular weight is 304 g/mol. The highest BCUT2D eigenvalue weighted by atomic mass is 16.2. The first-order valence-corrected chi connectivity index (χ1v) is 7.55. The fourth-order valence-corrected chi connectivity index (χ4v) is 2.01. The first-order valence-electron chi connectivity index (χ1n) is 7.55. The Morgan fingerprint density at radius 3 is 1.39 bits per heavy atom. The largest absolute Gasteiger partial charge is 0.294 e. The minimum absolute atomic E-state index is 0.205. The van der Waals surface area contributed by atoms with Crippen LogP contribution in [0, 0.1) is 5.41 Å². The summed E-state index contributed by atoms with van der Waals surface area (Å²) in [5, 5.41) is 0. The predicted molar refractivity (Wildman–Crippen MR) is 94.7 cm³/mol. The summed E-state index contributed by atoms with van der Waals surface area (Å²) in [6.07, 6.45) is 6.42. The zero-order chi connectivity index (χ0) is 16.7. The van der Waals surface area contributed by atoms with Gasteiger partial charge in [0.1, 0.15) is 0 Å². The zero-order valence-electron chi connectivity index (χ0n) is 13.4. The second kappa shape index (κ2) is 7.50. The van der Waals surface area contributed by atoms with E-state index in [9.17, 15) is 9.59 Å². The molecular weight excluding hydrogens is 284 g/mol. The molecule has 0 fully saturated rings. The van der Waals surface area contributed by atoms with Gasteiger partial charge in [0.2, 0.25) is 0 Å². The number of allylic oxidation sites excluding steroid dienone is 2. The highest BCUT2D eigenvalue weighted by Crippen LogP contribution is 2.21. The van der Waals surface area contributed by atoms with Crippen LogP contribution in [0.5, 0.6) is 0 Å². The molecule has 0 spiro atoms. The third kappa shape index (κ3) is 4.62. The molecule has 116 valence electrons. The first kappa shape index (κ1) is 16.6. The maximum Gasteiger partial charge on any atom is 0.169 e. The van der Waals surface area contributed by atoms with Gasteiger partial charge >= 0.3 is 0 Å². The van der Waals surface area contributed by atoms with E-state index in [0.717, 1.165) is 11.1 Å². The summed E-state index contributed by atoms with van der Waals surface area (Å²) in [4.78, 5) is 24.7. The molecule has 0 aliphatic carbocycles. The second-order valence-electron chi connectivity index (χ2n) is 5.84. The van der Waals surface area contributed by atoms with E-state index in [0.29, 0.717) is 0 Å². The van der Waals surface area contributed by atoms with Crippen molar-refractivity contribution in [1.82, 2.24) is 0 Å². The van der Waals surface area contributed by atoms with Crippen molar-refractivity contribution in [2.45, 2.75) is 13.8 Å². The molecule has 0 amide bonds. The van der Waals surface area contributed by atoms with Gasteiger partial charge in [0.05, 0.1) is 5.41 Å². The van der Waals surface area contributed by atoms with E-state index in [1.807, 2.05) is 60.7 Å². The van der Waals surface area contributed by atoms with Crippen LogP contribution < -0.4 is 0 Å².